The first-order chi connectivity index (χ1) is 12.6. The molecule has 0 unspecified atom stereocenters. The minimum Gasteiger partial charge on any atom is -0.322 e. The maximum Gasteiger partial charge on any atom is 0.261 e. The summed E-state index contributed by atoms with van der Waals surface area (Å²) in [6, 6.07) is 18.0. The van der Waals surface area contributed by atoms with Crippen LogP contribution in [0.2, 0.25) is 0 Å². The molecular weight excluding hydrogens is 328 g/mol. The van der Waals surface area contributed by atoms with Gasteiger partial charge in [-0.15, -0.1) is 0 Å². The zero-order valence-corrected chi connectivity index (χ0v) is 14.2. The number of para-hydroxylation sites is 2. The summed E-state index contributed by atoms with van der Waals surface area (Å²) in [5.41, 5.74) is 1.88. The highest BCUT2D eigenvalue weighted by Crippen LogP contribution is 2.14. The Morgan fingerprint density at radius 2 is 1.38 bits per heavy atom. The van der Waals surface area contributed by atoms with Crippen molar-refractivity contribution in [2.45, 2.75) is 0 Å². The number of aromatic nitrogens is 2. The van der Waals surface area contributed by atoms with Crippen molar-refractivity contribution < 1.29 is 9.59 Å². The Bertz CT molecular complexity index is 875. The summed E-state index contributed by atoms with van der Waals surface area (Å²) in [4.78, 5) is 25.4. The lowest BCUT2D eigenvalue weighted by Gasteiger charge is -2.10. The second kappa shape index (κ2) is 7.94. The van der Waals surface area contributed by atoms with E-state index in [0.717, 1.165) is 0 Å². The second-order valence-corrected chi connectivity index (χ2v) is 5.65. The number of nitrogens with zero attached hydrogens (tertiary/aromatic N) is 2. The van der Waals surface area contributed by atoms with Crippen molar-refractivity contribution in [2.24, 2.45) is 7.05 Å². The summed E-state index contributed by atoms with van der Waals surface area (Å²) in [6.45, 7) is 0. The molecule has 0 bridgehead atoms. The van der Waals surface area contributed by atoms with Crippen LogP contribution < -0.4 is 10.6 Å². The summed E-state index contributed by atoms with van der Waals surface area (Å²) in [5.74, 6) is -0.984. The fourth-order valence-corrected chi connectivity index (χ4v) is 2.36. The molecule has 0 spiro atoms. The first-order valence-corrected chi connectivity index (χ1v) is 8.05. The molecule has 0 saturated carbocycles. The van der Waals surface area contributed by atoms with Crippen LogP contribution in [0.4, 0.5) is 11.4 Å². The highest BCUT2D eigenvalue weighted by molar-refractivity contribution is 6.28. The molecule has 0 aliphatic carbocycles. The van der Waals surface area contributed by atoms with Crippen LogP contribution in [0.5, 0.6) is 0 Å². The van der Waals surface area contributed by atoms with Crippen molar-refractivity contribution in [1.82, 2.24) is 9.78 Å². The standard InChI is InChI=1S/C20H18N4O2/c1-24-14-15(13-21-24)12-18(19(25)22-16-8-4-2-5-9-16)20(26)23-17-10-6-3-7-11-17/h2-14H,1H3,(H,22,25)(H,23,26). The molecule has 2 amide bonds. The smallest absolute Gasteiger partial charge is 0.261 e. The van der Waals surface area contributed by atoms with Crippen molar-refractivity contribution in [1.29, 1.82) is 0 Å². The van der Waals surface area contributed by atoms with E-state index in [1.807, 2.05) is 36.4 Å². The molecule has 1 heterocycles. The number of carbonyl (C=O) groups is 2. The highest BCUT2D eigenvalue weighted by atomic mass is 16.2. The van der Waals surface area contributed by atoms with Crippen molar-refractivity contribution in [3.63, 3.8) is 0 Å². The Balaban J connectivity index is 1.87. The van der Waals surface area contributed by atoms with Crippen molar-refractivity contribution >= 4 is 29.3 Å². The Morgan fingerprint density at radius 3 is 1.81 bits per heavy atom. The number of amides is 2. The summed E-state index contributed by atoms with van der Waals surface area (Å²) < 4.78 is 1.60. The molecule has 0 aliphatic heterocycles. The average molecular weight is 346 g/mol. The number of anilines is 2. The van der Waals surface area contributed by atoms with Crippen LogP contribution in [0.25, 0.3) is 6.08 Å². The molecule has 6 heteroatoms. The van der Waals surface area contributed by atoms with Crippen LogP contribution in [0.3, 0.4) is 0 Å². The zero-order valence-electron chi connectivity index (χ0n) is 14.2. The quantitative estimate of drug-likeness (QED) is 0.423. The van der Waals surface area contributed by atoms with Crippen LogP contribution in [0.15, 0.2) is 78.6 Å². The van der Waals surface area contributed by atoms with E-state index in [9.17, 15) is 9.59 Å². The normalized spacial score (nSPS) is 10.0. The number of hydrogen-bond donors (Lipinski definition) is 2. The van der Waals surface area contributed by atoms with E-state index in [2.05, 4.69) is 15.7 Å². The summed E-state index contributed by atoms with van der Waals surface area (Å²) >= 11 is 0. The minimum absolute atomic E-state index is 0.00861. The maximum atomic E-state index is 12.7. The molecule has 130 valence electrons. The molecule has 0 radical (unpaired) electrons. The highest BCUT2D eigenvalue weighted by Gasteiger charge is 2.19. The predicted octanol–water partition coefficient (Wildman–Crippen LogP) is 3.08. The van der Waals surface area contributed by atoms with E-state index in [4.69, 9.17) is 0 Å². The molecule has 3 rings (SSSR count). The number of carbonyl (C=O) groups excluding carboxylic acids is 2. The summed E-state index contributed by atoms with van der Waals surface area (Å²) in [7, 11) is 1.77. The second-order valence-electron chi connectivity index (χ2n) is 5.65. The number of benzene rings is 2. The third-order valence-electron chi connectivity index (χ3n) is 3.59. The third-order valence-corrected chi connectivity index (χ3v) is 3.59. The third kappa shape index (κ3) is 4.45. The number of hydrogen-bond acceptors (Lipinski definition) is 3. The molecule has 0 saturated heterocycles. The fraction of sp³-hybridized carbons (Fsp3) is 0.0500. The van der Waals surface area contributed by atoms with Gasteiger partial charge in [-0.25, -0.2) is 0 Å². The molecule has 0 fully saturated rings. The van der Waals surface area contributed by atoms with Crippen LogP contribution in [0, 0.1) is 0 Å². The van der Waals surface area contributed by atoms with E-state index in [-0.39, 0.29) is 5.57 Å². The Labute approximate surface area is 151 Å². The van der Waals surface area contributed by atoms with E-state index in [1.165, 1.54) is 6.08 Å². The Morgan fingerprint density at radius 1 is 0.885 bits per heavy atom. The van der Waals surface area contributed by atoms with Gasteiger partial charge in [0, 0.05) is 30.2 Å². The minimum atomic E-state index is -0.492. The molecular formula is C20H18N4O2. The van der Waals surface area contributed by atoms with Crippen LogP contribution >= 0.6 is 0 Å². The summed E-state index contributed by atoms with van der Waals surface area (Å²) in [6.07, 6.45) is 4.83. The van der Waals surface area contributed by atoms with Gasteiger partial charge < -0.3 is 10.6 Å². The summed E-state index contributed by atoms with van der Waals surface area (Å²) in [5, 5.41) is 9.55. The van der Waals surface area contributed by atoms with E-state index < -0.39 is 11.8 Å². The van der Waals surface area contributed by atoms with Gasteiger partial charge in [0.25, 0.3) is 11.8 Å². The number of aryl methyl sites for hydroxylation is 1. The van der Waals surface area contributed by atoms with Crippen molar-refractivity contribution in [3.8, 4) is 0 Å². The first kappa shape index (κ1) is 17.2. The largest absolute Gasteiger partial charge is 0.322 e. The van der Waals surface area contributed by atoms with Gasteiger partial charge in [-0.3, -0.25) is 14.3 Å². The lowest BCUT2D eigenvalue weighted by Crippen LogP contribution is -2.25. The molecule has 3 aromatic rings. The topological polar surface area (TPSA) is 76.0 Å². The van der Waals surface area contributed by atoms with Crippen LogP contribution in [-0.2, 0) is 16.6 Å². The molecule has 26 heavy (non-hydrogen) atoms. The lowest BCUT2D eigenvalue weighted by molar-refractivity contribution is -0.118. The van der Waals surface area contributed by atoms with Gasteiger partial charge in [0.05, 0.1) is 6.20 Å². The monoisotopic (exact) mass is 346 g/mol. The molecule has 1 aromatic heterocycles. The van der Waals surface area contributed by atoms with Gasteiger partial charge in [-0.05, 0) is 30.3 Å². The number of rotatable bonds is 5. The van der Waals surface area contributed by atoms with Gasteiger partial charge in [-0.2, -0.15) is 5.10 Å². The Hall–Kier alpha value is -3.67. The van der Waals surface area contributed by atoms with Crippen LogP contribution in [-0.4, -0.2) is 21.6 Å². The average Bonchev–Trinajstić information content (AvgIpc) is 3.06. The zero-order chi connectivity index (χ0) is 18.4. The molecule has 0 atom stereocenters. The number of nitrogens with one attached hydrogen (secondary N) is 2. The van der Waals surface area contributed by atoms with Crippen molar-refractivity contribution in [2.75, 3.05) is 10.6 Å². The Kier molecular flexibility index (Phi) is 5.24. The molecule has 0 aliphatic rings. The van der Waals surface area contributed by atoms with Gasteiger partial charge in [0.15, 0.2) is 0 Å². The van der Waals surface area contributed by atoms with Crippen molar-refractivity contribution in [3.05, 3.63) is 84.2 Å². The van der Waals surface area contributed by atoms with E-state index in [1.54, 1.807) is 48.4 Å². The van der Waals surface area contributed by atoms with Gasteiger partial charge in [0.1, 0.15) is 5.57 Å². The lowest BCUT2D eigenvalue weighted by atomic mass is 10.1. The predicted molar refractivity (Wildman–Crippen MR) is 101 cm³/mol. The van der Waals surface area contributed by atoms with E-state index >= 15 is 0 Å². The van der Waals surface area contributed by atoms with Gasteiger partial charge in [-0.1, -0.05) is 36.4 Å². The van der Waals surface area contributed by atoms with Crippen LogP contribution in [0.1, 0.15) is 5.56 Å². The molecule has 2 aromatic carbocycles. The fourth-order valence-electron chi connectivity index (χ4n) is 2.36. The molecule has 2 N–H and O–H groups in total. The van der Waals surface area contributed by atoms with E-state index in [0.29, 0.717) is 16.9 Å². The SMILES string of the molecule is Cn1cc(C=C(C(=O)Nc2ccccc2)C(=O)Nc2ccccc2)cn1. The first-order valence-electron chi connectivity index (χ1n) is 8.05. The maximum absolute atomic E-state index is 12.7. The van der Waals surface area contributed by atoms with Gasteiger partial charge in [0.2, 0.25) is 0 Å². The van der Waals surface area contributed by atoms with Gasteiger partial charge >= 0.3 is 0 Å². The molecule has 6 nitrogen and oxygen atoms in total.